The molecule has 0 radical (unpaired) electrons. The molecule has 5 aromatic rings. The number of carbonyl (C=O) groups is 1. The zero-order valence-corrected chi connectivity index (χ0v) is 21.1. The van der Waals surface area contributed by atoms with Gasteiger partial charge in [-0.2, -0.15) is 15.5 Å². The number of rotatable bonds is 8. The Morgan fingerprint density at radius 1 is 1.15 bits per heavy atom. The van der Waals surface area contributed by atoms with Crippen molar-refractivity contribution in [3.8, 4) is 23.3 Å². The smallest absolute Gasteiger partial charge is 0.255 e. The van der Waals surface area contributed by atoms with E-state index in [0.717, 1.165) is 0 Å². The van der Waals surface area contributed by atoms with Crippen molar-refractivity contribution < 1.29 is 14.3 Å². The van der Waals surface area contributed by atoms with Gasteiger partial charge < -0.3 is 15.7 Å². The summed E-state index contributed by atoms with van der Waals surface area (Å²) in [6.45, 7) is 2.29. The Morgan fingerprint density at radius 2 is 2.00 bits per heavy atom. The largest absolute Gasteiger partial charge is 0.387 e. The van der Waals surface area contributed by atoms with Crippen LogP contribution in [-0.4, -0.2) is 58.7 Å². The van der Waals surface area contributed by atoms with E-state index in [1.54, 1.807) is 58.1 Å². The van der Waals surface area contributed by atoms with Gasteiger partial charge in [0, 0.05) is 18.6 Å². The standard InChI is InChI=1S/C27H24FN9O2/c1-27(2,39)24(28)16-32-26(38)20-15-30-22(23-6-5-19-10-17(12-29)13-34-37(19)23)11-21(20)35-18-4-7-25(31-14-18)36-9-3-8-33-36/h3-11,13-15,24,39H,16H2,1-2H3,(H,30,35)(H,32,38). The van der Waals surface area contributed by atoms with Gasteiger partial charge >= 0.3 is 0 Å². The van der Waals surface area contributed by atoms with E-state index >= 15 is 0 Å². The van der Waals surface area contributed by atoms with E-state index in [4.69, 9.17) is 5.26 Å². The summed E-state index contributed by atoms with van der Waals surface area (Å²) >= 11 is 0. The SMILES string of the molecule is CC(C)(O)C(F)CNC(=O)c1cnc(-c2ccc3cc(C#N)cnn23)cc1Nc1ccc(-n2cccn2)nc1. The molecule has 5 rings (SSSR count). The molecule has 12 heteroatoms. The monoisotopic (exact) mass is 525 g/mol. The van der Waals surface area contributed by atoms with Gasteiger partial charge in [0.2, 0.25) is 0 Å². The highest BCUT2D eigenvalue weighted by Gasteiger charge is 2.27. The Bertz CT molecular complexity index is 1670. The lowest BCUT2D eigenvalue weighted by Gasteiger charge is -2.22. The Balaban J connectivity index is 1.49. The van der Waals surface area contributed by atoms with Crippen molar-refractivity contribution in [3.05, 3.63) is 84.6 Å². The van der Waals surface area contributed by atoms with Crippen LogP contribution in [0.1, 0.15) is 29.8 Å². The van der Waals surface area contributed by atoms with Crippen LogP contribution in [0, 0.1) is 11.3 Å². The zero-order chi connectivity index (χ0) is 27.6. The number of carbonyl (C=O) groups excluding carboxylic acids is 1. The average Bonchev–Trinajstić information content (AvgIpc) is 3.61. The highest BCUT2D eigenvalue weighted by Crippen LogP contribution is 2.28. The lowest BCUT2D eigenvalue weighted by Crippen LogP contribution is -2.42. The van der Waals surface area contributed by atoms with Gasteiger partial charge in [-0.25, -0.2) is 18.6 Å². The normalized spacial score (nSPS) is 12.2. The molecule has 196 valence electrons. The first-order valence-electron chi connectivity index (χ1n) is 12.0. The molecule has 39 heavy (non-hydrogen) atoms. The number of nitrogens with one attached hydrogen (secondary N) is 2. The molecule has 1 atom stereocenters. The van der Waals surface area contributed by atoms with Crippen molar-refractivity contribution in [1.82, 2.24) is 34.7 Å². The van der Waals surface area contributed by atoms with Gasteiger partial charge in [0.05, 0.1) is 63.9 Å². The molecule has 0 saturated carbocycles. The zero-order valence-electron chi connectivity index (χ0n) is 21.1. The van der Waals surface area contributed by atoms with Gasteiger partial charge in [-0.3, -0.25) is 9.78 Å². The Labute approximate surface area is 222 Å². The molecule has 0 bridgehead atoms. The predicted octanol–water partition coefficient (Wildman–Crippen LogP) is 3.43. The first-order valence-corrected chi connectivity index (χ1v) is 12.0. The number of hydrogen-bond acceptors (Lipinski definition) is 8. The summed E-state index contributed by atoms with van der Waals surface area (Å²) in [5.41, 5.74) is 1.83. The molecule has 0 spiro atoms. The second kappa shape index (κ2) is 10.3. The first kappa shape index (κ1) is 25.5. The van der Waals surface area contributed by atoms with Gasteiger partial charge in [-0.05, 0) is 56.3 Å². The Kier molecular flexibility index (Phi) is 6.74. The summed E-state index contributed by atoms with van der Waals surface area (Å²) < 4.78 is 17.6. The fraction of sp³-hybridized carbons (Fsp3) is 0.185. The Morgan fingerprint density at radius 3 is 2.69 bits per heavy atom. The number of fused-ring (bicyclic) bond motifs is 1. The predicted molar refractivity (Wildman–Crippen MR) is 141 cm³/mol. The maximum Gasteiger partial charge on any atom is 0.255 e. The minimum absolute atomic E-state index is 0.165. The molecule has 0 aromatic carbocycles. The van der Waals surface area contributed by atoms with Crippen molar-refractivity contribution in [3.63, 3.8) is 0 Å². The van der Waals surface area contributed by atoms with Crippen molar-refractivity contribution >= 4 is 22.8 Å². The van der Waals surface area contributed by atoms with Crippen LogP contribution in [0.2, 0.25) is 0 Å². The molecule has 0 saturated heterocycles. The molecule has 1 amide bonds. The maximum absolute atomic E-state index is 14.3. The number of aliphatic hydroxyl groups is 1. The number of amides is 1. The molecule has 11 nitrogen and oxygen atoms in total. The molecular formula is C27H24FN9O2. The average molecular weight is 526 g/mol. The van der Waals surface area contributed by atoms with Gasteiger partial charge in [-0.1, -0.05) is 0 Å². The molecule has 5 heterocycles. The van der Waals surface area contributed by atoms with E-state index in [2.05, 4.69) is 36.9 Å². The van der Waals surface area contributed by atoms with E-state index in [9.17, 15) is 14.3 Å². The highest BCUT2D eigenvalue weighted by atomic mass is 19.1. The lowest BCUT2D eigenvalue weighted by molar-refractivity contribution is -0.00177. The summed E-state index contributed by atoms with van der Waals surface area (Å²) in [4.78, 5) is 21.9. The number of pyridine rings is 2. The molecule has 0 fully saturated rings. The first-order chi connectivity index (χ1) is 18.7. The minimum atomic E-state index is -1.67. The number of alkyl halides is 1. The van der Waals surface area contributed by atoms with Crippen LogP contribution >= 0.6 is 0 Å². The maximum atomic E-state index is 14.3. The van der Waals surface area contributed by atoms with Crippen LogP contribution in [0.3, 0.4) is 0 Å². The molecule has 0 aliphatic rings. The van der Waals surface area contributed by atoms with E-state index in [0.29, 0.717) is 39.7 Å². The summed E-state index contributed by atoms with van der Waals surface area (Å²) in [5, 5.41) is 33.3. The second-order valence-electron chi connectivity index (χ2n) is 9.34. The number of hydrogen-bond donors (Lipinski definition) is 3. The number of nitriles is 1. The molecule has 0 aliphatic heterocycles. The quantitative estimate of drug-likeness (QED) is 0.279. The van der Waals surface area contributed by atoms with Crippen LogP contribution in [0.25, 0.3) is 22.7 Å². The third-order valence-electron chi connectivity index (χ3n) is 6.01. The number of nitrogens with zero attached hydrogens (tertiary/aromatic N) is 7. The molecule has 5 aromatic heterocycles. The van der Waals surface area contributed by atoms with Crippen molar-refractivity contribution in [2.24, 2.45) is 0 Å². The topological polar surface area (TPSA) is 146 Å². The third-order valence-corrected chi connectivity index (χ3v) is 6.01. The van der Waals surface area contributed by atoms with E-state index in [1.165, 1.54) is 26.2 Å². The summed E-state index contributed by atoms with van der Waals surface area (Å²) in [6, 6.07) is 14.4. The van der Waals surface area contributed by atoms with Gasteiger partial charge in [-0.15, -0.1) is 0 Å². The van der Waals surface area contributed by atoms with Crippen molar-refractivity contribution in [1.29, 1.82) is 5.26 Å². The second-order valence-corrected chi connectivity index (χ2v) is 9.34. The van der Waals surface area contributed by atoms with Gasteiger partial charge in [0.1, 0.15) is 12.2 Å². The van der Waals surface area contributed by atoms with Crippen LogP contribution in [0.15, 0.2) is 73.4 Å². The molecule has 0 aliphatic carbocycles. The molecular weight excluding hydrogens is 501 g/mol. The summed E-state index contributed by atoms with van der Waals surface area (Å²) in [5.74, 6) is 0.0448. The van der Waals surface area contributed by atoms with E-state index < -0.39 is 17.7 Å². The minimum Gasteiger partial charge on any atom is -0.387 e. The van der Waals surface area contributed by atoms with Gasteiger partial charge in [0.15, 0.2) is 5.82 Å². The molecule has 1 unspecified atom stereocenters. The third kappa shape index (κ3) is 5.43. The number of aromatic nitrogens is 6. The fourth-order valence-corrected chi connectivity index (χ4v) is 3.82. The van der Waals surface area contributed by atoms with Crippen LogP contribution < -0.4 is 10.6 Å². The van der Waals surface area contributed by atoms with E-state index in [1.807, 2.05) is 12.1 Å². The lowest BCUT2D eigenvalue weighted by atomic mass is 10.0. The van der Waals surface area contributed by atoms with Gasteiger partial charge in [0.25, 0.3) is 5.91 Å². The number of anilines is 2. The van der Waals surface area contributed by atoms with Crippen LogP contribution in [-0.2, 0) is 0 Å². The Hall–Kier alpha value is -5.15. The summed E-state index contributed by atoms with van der Waals surface area (Å²) in [6.07, 6.45) is 6.20. The van der Waals surface area contributed by atoms with Crippen LogP contribution in [0.5, 0.6) is 0 Å². The van der Waals surface area contributed by atoms with Crippen molar-refractivity contribution in [2.75, 3.05) is 11.9 Å². The number of halogens is 1. The van der Waals surface area contributed by atoms with E-state index in [-0.39, 0.29) is 12.1 Å². The van der Waals surface area contributed by atoms with Crippen LogP contribution in [0.4, 0.5) is 15.8 Å². The fourth-order valence-electron chi connectivity index (χ4n) is 3.82. The molecule has 3 N–H and O–H groups in total. The summed E-state index contributed by atoms with van der Waals surface area (Å²) in [7, 11) is 0. The highest BCUT2D eigenvalue weighted by molar-refractivity contribution is 6.00. The van der Waals surface area contributed by atoms with Crippen molar-refractivity contribution in [2.45, 2.75) is 25.6 Å².